The number of fused-ring (bicyclic) bond motifs is 3. The van der Waals surface area contributed by atoms with Crippen LogP contribution in [0, 0.1) is 0 Å². The predicted molar refractivity (Wildman–Crippen MR) is 113 cm³/mol. The van der Waals surface area contributed by atoms with Gasteiger partial charge in [-0.2, -0.15) is 0 Å². The minimum Gasteiger partial charge on any atom is -0.493 e. The molecule has 0 bridgehead atoms. The molecule has 2 heterocycles. The Morgan fingerprint density at radius 3 is 2.34 bits per heavy atom. The van der Waals surface area contributed by atoms with Gasteiger partial charge in [-0.25, -0.2) is 0 Å². The lowest BCUT2D eigenvalue weighted by molar-refractivity contribution is 0.357. The van der Waals surface area contributed by atoms with Crippen LogP contribution in [-0.2, 0) is 5.41 Å². The Balaban J connectivity index is 2.33. The molecule has 4 aromatic rings. The van der Waals surface area contributed by atoms with Crippen LogP contribution in [-0.4, -0.2) is 21.3 Å². The van der Waals surface area contributed by atoms with E-state index in [4.69, 9.17) is 23.0 Å². The van der Waals surface area contributed by atoms with E-state index in [2.05, 4.69) is 6.58 Å². The lowest BCUT2D eigenvalue weighted by atomic mass is 9.83. The third-order valence-corrected chi connectivity index (χ3v) is 5.36. The number of furan rings is 1. The van der Waals surface area contributed by atoms with Gasteiger partial charge in [0.2, 0.25) is 11.2 Å². The van der Waals surface area contributed by atoms with Crippen LogP contribution in [0.4, 0.5) is 0 Å². The number of hydrogen-bond donors (Lipinski definition) is 0. The van der Waals surface area contributed by atoms with Crippen LogP contribution >= 0.6 is 0 Å². The van der Waals surface area contributed by atoms with E-state index in [1.54, 1.807) is 24.5 Å². The van der Waals surface area contributed by atoms with E-state index in [9.17, 15) is 4.79 Å². The van der Waals surface area contributed by atoms with E-state index in [1.807, 2.05) is 19.9 Å². The second kappa shape index (κ2) is 6.58. The van der Waals surface area contributed by atoms with Crippen LogP contribution < -0.4 is 19.6 Å². The molecule has 0 unspecified atom stereocenters. The number of hydrogen-bond acceptors (Lipinski definition) is 6. The van der Waals surface area contributed by atoms with E-state index in [1.165, 1.54) is 21.3 Å². The van der Waals surface area contributed by atoms with Gasteiger partial charge < -0.3 is 23.0 Å². The molecular weight excluding hydrogens is 372 g/mol. The first kappa shape index (κ1) is 18.9. The molecule has 0 N–H and O–H groups in total. The zero-order valence-corrected chi connectivity index (χ0v) is 17.0. The van der Waals surface area contributed by atoms with Gasteiger partial charge in [0, 0.05) is 16.4 Å². The van der Waals surface area contributed by atoms with Crippen molar-refractivity contribution in [2.75, 3.05) is 21.3 Å². The number of ether oxygens (including phenoxy) is 3. The molecule has 0 fully saturated rings. The molecule has 0 saturated heterocycles. The summed E-state index contributed by atoms with van der Waals surface area (Å²) in [7, 11) is 4.55. The van der Waals surface area contributed by atoms with Gasteiger partial charge in [-0.3, -0.25) is 4.79 Å². The predicted octanol–water partition coefficient (Wildman–Crippen LogP) is 5.18. The molecule has 4 rings (SSSR count). The van der Waals surface area contributed by atoms with Crippen LogP contribution in [0.5, 0.6) is 17.2 Å². The Morgan fingerprint density at radius 1 is 1.00 bits per heavy atom. The van der Waals surface area contributed by atoms with Crippen LogP contribution in [0.25, 0.3) is 32.9 Å². The summed E-state index contributed by atoms with van der Waals surface area (Å²) in [4.78, 5) is 13.6. The van der Waals surface area contributed by atoms with Gasteiger partial charge >= 0.3 is 0 Å². The van der Waals surface area contributed by atoms with Gasteiger partial charge in [0.1, 0.15) is 11.0 Å². The summed E-state index contributed by atoms with van der Waals surface area (Å²) in [6.45, 7) is 7.90. The third kappa shape index (κ3) is 2.59. The summed E-state index contributed by atoms with van der Waals surface area (Å²) < 4.78 is 28.5. The second-order valence-corrected chi connectivity index (χ2v) is 7.35. The lowest BCUT2D eigenvalue weighted by Gasteiger charge is -2.24. The van der Waals surface area contributed by atoms with Crippen molar-refractivity contribution in [1.82, 2.24) is 0 Å². The Labute approximate surface area is 167 Å². The van der Waals surface area contributed by atoms with Crippen molar-refractivity contribution < 1.29 is 23.0 Å². The Bertz CT molecular complexity index is 1320. The molecule has 0 amide bonds. The molecule has 0 spiro atoms. The number of allylic oxidation sites excluding steroid dienone is 1. The van der Waals surface area contributed by atoms with E-state index >= 15 is 0 Å². The molecule has 2 aromatic carbocycles. The molecule has 0 aliphatic carbocycles. The highest BCUT2D eigenvalue weighted by atomic mass is 16.5. The van der Waals surface area contributed by atoms with Gasteiger partial charge in [-0.15, -0.1) is 6.58 Å². The molecule has 0 aliphatic heterocycles. The fraction of sp³-hybridized carbons (Fsp3) is 0.261. The number of methoxy groups -OCH3 is 3. The quantitative estimate of drug-likeness (QED) is 0.343. The fourth-order valence-electron chi connectivity index (χ4n) is 3.63. The Kier molecular flexibility index (Phi) is 4.30. The lowest BCUT2D eigenvalue weighted by Crippen LogP contribution is -2.16. The summed E-state index contributed by atoms with van der Waals surface area (Å²) in [6.07, 6.45) is 3.34. The SMILES string of the molecule is C=CC(C)(C)c1cc(OC)c(OC)c2c(=O)c3cc4ccoc4c(OC)c3oc12. The standard InChI is InChI=1S/C23H22O6/c1-7-23(2,3)14-11-15(25-4)21(26-5)16-17(24)13-10-12-8-9-28-18(12)22(27-6)19(13)29-20(14)16/h7-11H,1H2,2-6H3. The molecule has 29 heavy (non-hydrogen) atoms. The molecule has 0 radical (unpaired) electrons. The van der Waals surface area contributed by atoms with Crippen molar-refractivity contribution in [3.63, 3.8) is 0 Å². The zero-order chi connectivity index (χ0) is 20.9. The molecular formula is C23H22O6. The maximum absolute atomic E-state index is 13.6. The largest absolute Gasteiger partial charge is 0.493 e. The fourth-order valence-corrected chi connectivity index (χ4v) is 3.63. The molecule has 6 nitrogen and oxygen atoms in total. The summed E-state index contributed by atoms with van der Waals surface area (Å²) in [5, 5.41) is 1.43. The summed E-state index contributed by atoms with van der Waals surface area (Å²) in [6, 6.07) is 5.32. The van der Waals surface area contributed by atoms with Crippen molar-refractivity contribution in [3.05, 3.63) is 52.9 Å². The number of rotatable bonds is 5. The average Bonchev–Trinajstić information content (AvgIpc) is 3.19. The van der Waals surface area contributed by atoms with Gasteiger partial charge in [-0.05, 0) is 18.2 Å². The molecule has 6 heteroatoms. The first-order chi connectivity index (χ1) is 13.9. The van der Waals surface area contributed by atoms with Gasteiger partial charge in [-0.1, -0.05) is 19.9 Å². The van der Waals surface area contributed by atoms with Crippen molar-refractivity contribution in [3.8, 4) is 17.2 Å². The van der Waals surface area contributed by atoms with Crippen molar-refractivity contribution in [2.24, 2.45) is 0 Å². The highest BCUT2D eigenvalue weighted by molar-refractivity contribution is 6.05. The van der Waals surface area contributed by atoms with Crippen molar-refractivity contribution in [2.45, 2.75) is 19.3 Å². The van der Waals surface area contributed by atoms with E-state index in [-0.39, 0.29) is 5.43 Å². The van der Waals surface area contributed by atoms with Crippen LogP contribution in [0.1, 0.15) is 19.4 Å². The first-order valence-corrected chi connectivity index (χ1v) is 9.11. The van der Waals surface area contributed by atoms with Crippen molar-refractivity contribution >= 4 is 32.9 Å². The minimum absolute atomic E-state index is 0.237. The van der Waals surface area contributed by atoms with E-state index in [0.717, 1.165) is 10.9 Å². The first-order valence-electron chi connectivity index (χ1n) is 9.11. The molecule has 150 valence electrons. The zero-order valence-electron chi connectivity index (χ0n) is 17.0. The van der Waals surface area contributed by atoms with Crippen LogP contribution in [0.2, 0.25) is 0 Å². The highest BCUT2D eigenvalue weighted by Gasteiger charge is 2.29. The summed E-state index contributed by atoms with van der Waals surface area (Å²) in [5.41, 5.74) is 1.26. The van der Waals surface area contributed by atoms with E-state index < -0.39 is 5.41 Å². The highest BCUT2D eigenvalue weighted by Crippen LogP contribution is 2.44. The maximum Gasteiger partial charge on any atom is 0.206 e. The average molecular weight is 394 g/mol. The Hall–Kier alpha value is -3.41. The summed E-state index contributed by atoms with van der Waals surface area (Å²) >= 11 is 0. The molecule has 0 saturated carbocycles. The Morgan fingerprint density at radius 2 is 1.72 bits per heavy atom. The van der Waals surface area contributed by atoms with Crippen LogP contribution in [0.15, 0.2) is 50.7 Å². The molecule has 0 aliphatic rings. The molecule has 0 atom stereocenters. The number of benzene rings is 2. The monoisotopic (exact) mass is 394 g/mol. The minimum atomic E-state index is -0.497. The second-order valence-electron chi connectivity index (χ2n) is 7.35. The van der Waals surface area contributed by atoms with Gasteiger partial charge in [0.15, 0.2) is 22.7 Å². The topological polar surface area (TPSA) is 71.0 Å². The summed E-state index contributed by atoms with van der Waals surface area (Å²) in [5.74, 6) is 1.15. The smallest absolute Gasteiger partial charge is 0.206 e. The van der Waals surface area contributed by atoms with Gasteiger partial charge in [0.25, 0.3) is 0 Å². The maximum atomic E-state index is 13.6. The van der Waals surface area contributed by atoms with Gasteiger partial charge in [0.05, 0.1) is 33.0 Å². The normalized spacial score (nSPS) is 11.9. The molecule has 2 aromatic heterocycles. The van der Waals surface area contributed by atoms with Crippen molar-refractivity contribution in [1.29, 1.82) is 0 Å². The van der Waals surface area contributed by atoms with Crippen LogP contribution in [0.3, 0.4) is 0 Å². The van der Waals surface area contributed by atoms with E-state index in [0.29, 0.717) is 44.8 Å². The third-order valence-electron chi connectivity index (χ3n) is 5.36.